The Morgan fingerprint density at radius 3 is 2.50 bits per heavy atom. The summed E-state index contributed by atoms with van der Waals surface area (Å²) in [6.45, 7) is 0. The van der Waals surface area contributed by atoms with Crippen LogP contribution in [0.25, 0.3) is 0 Å². The van der Waals surface area contributed by atoms with Crippen LogP contribution in [0.4, 0.5) is 0 Å². The molecule has 0 heterocycles. The molecule has 5 heteroatoms. The van der Waals surface area contributed by atoms with Crippen molar-refractivity contribution in [3.63, 3.8) is 0 Å². The van der Waals surface area contributed by atoms with E-state index in [0.29, 0.717) is 0 Å². The van der Waals surface area contributed by atoms with Crippen molar-refractivity contribution >= 4 is 26.0 Å². The van der Waals surface area contributed by atoms with Crippen LogP contribution in [-0.2, 0) is 13.8 Å². The summed E-state index contributed by atoms with van der Waals surface area (Å²) in [6.07, 6.45) is 1.57. The Labute approximate surface area is 74.4 Å². The lowest BCUT2D eigenvalue weighted by atomic mass is 10.2. The van der Waals surface area contributed by atoms with Gasteiger partial charge in [0.2, 0.25) is 6.29 Å². The maximum Gasteiger partial charge on any atom is 0.261 e. The minimum absolute atomic E-state index is 0.0926. The Morgan fingerprint density at radius 1 is 1.33 bits per heavy atom. The molecule has 0 bridgehead atoms. The monoisotopic (exact) mass is 203 g/mol. The summed E-state index contributed by atoms with van der Waals surface area (Å²) in [7, 11) is 1.29. The van der Waals surface area contributed by atoms with E-state index in [9.17, 15) is 13.2 Å². The summed E-state index contributed by atoms with van der Waals surface area (Å²) in [5.74, 6) is 0. The minimum atomic E-state index is -3.74. The molecule has 0 fully saturated rings. The van der Waals surface area contributed by atoms with E-state index >= 15 is 0 Å². The van der Waals surface area contributed by atoms with E-state index in [-0.39, 0.29) is 10.5 Å². The van der Waals surface area contributed by atoms with Crippen LogP contribution in [0.2, 0.25) is 0 Å². The number of benzene rings is 1. The maximum absolute atomic E-state index is 10.7. The van der Waals surface area contributed by atoms with Gasteiger partial charge in [0.05, 0.1) is 4.90 Å². The van der Waals surface area contributed by atoms with Gasteiger partial charge in [-0.25, -0.2) is 8.42 Å². The zero-order valence-corrected chi connectivity index (χ0v) is 7.39. The Bertz CT molecular complexity index is 397. The molecule has 0 saturated carbocycles. The van der Waals surface area contributed by atoms with E-state index in [1.807, 2.05) is 0 Å². The third-order valence-corrected chi connectivity index (χ3v) is 2.58. The Kier molecular flexibility index (Phi) is 2.49. The molecule has 0 aromatic heterocycles. The fraction of sp³-hybridized carbons (Fsp3) is 0. The van der Waals surface area contributed by atoms with Gasteiger partial charge in [0.1, 0.15) is 0 Å². The molecule has 0 N–H and O–H groups in total. The summed E-state index contributed by atoms with van der Waals surface area (Å²) >= 11 is 0. The standard InChI is InChI=1S/C7H4ClO3S/c8-12(10,11)7-3-1-2-6(4-7)5-9/h1-4H. The molecule has 12 heavy (non-hydrogen) atoms. The minimum Gasteiger partial charge on any atom is -0.285 e. The highest BCUT2D eigenvalue weighted by Crippen LogP contribution is 2.14. The molecule has 0 aliphatic rings. The maximum atomic E-state index is 10.7. The molecule has 0 amide bonds. The molecular weight excluding hydrogens is 200 g/mol. The quantitative estimate of drug-likeness (QED) is 0.676. The number of halogens is 1. The second-order valence-electron chi connectivity index (χ2n) is 2.07. The fourth-order valence-corrected chi connectivity index (χ4v) is 1.51. The van der Waals surface area contributed by atoms with E-state index in [1.165, 1.54) is 18.2 Å². The first-order chi connectivity index (χ1) is 5.54. The molecule has 0 unspecified atom stereocenters. The zero-order chi connectivity index (χ0) is 9.19. The van der Waals surface area contributed by atoms with Crippen LogP contribution in [0, 0.1) is 0 Å². The highest BCUT2D eigenvalue weighted by molar-refractivity contribution is 8.13. The number of carbonyl (C=O) groups excluding carboxylic acids is 1. The lowest BCUT2D eigenvalue weighted by Crippen LogP contribution is -1.91. The Balaban J connectivity index is 3.29. The topological polar surface area (TPSA) is 51.2 Å². The van der Waals surface area contributed by atoms with Gasteiger partial charge in [0.25, 0.3) is 9.05 Å². The predicted molar refractivity (Wildman–Crippen MR) is 44.3 cm³/mol. The third-order valence-electron chi connectivity index (χ3n) is 1.23. The van der Waals surface area contributed by atoms with E-state index in [2.05, 4.69) is 0 Å². The van der Waals surface area contributed by atoms with Crippen molar-refractivity contribution in [1.29, 1.82) is 0 Å². The first-order valence-corrected chi connectivity index (χ1v) is 5.28. The van der Waals surface area contributed by atoms with Gasteiger partial charge in [-0.3, -0.25) is 4.79 Å². The molecule has 3 nitrogen and oxygen atoms in total. The summed E-state index contributed by atoms with van der Waals surface area (Å²) < 4.78 is 21.5. The SMILES string of the molecule is O=[C]c1cccc(S(=O)(=O)Cl)c1. The molecule has 0 saturated heterocycles. The lowest BCUT2D eigenvalue weighted by Gasteiger charge is -1.94. The van der Waals surface area contributed by atoms with Crippen molar-refractivity contribution in [3.8, 4) is 0 Å². The molecule has 1 aromatic rings. The van der Waals surface area contributed by atoms with Gasteiger partial charge >= 0.3 is 0 Å². The van der Waals surface area contributed by atoms with Crippen molar-refractivity contribution in [3.05, 3.63) is 29.8 Å². The fourth-order valence-electron chi connectivity index (χ4n) is 0.711. The van der Waals surface area contributed by atoms with Crippen LogP contribution < -0.4 is 0 Å². The molecule has 1 rings (SSSR count). The second-order valence-corrected chi connectivity index (χ2v) is 4.63. The Morgan fingerprint density at radius 2 is 2.00 bits per heavy atom. The first-order valence-electron chi connectivity index (χ1n) is 2.97. The average molecular weight is 204 g/mol. The first kappa shape index (κ1) is 9.22. The molecule has 0 spiro atoms. The van der Waals surface area contributed by atoms with Crippen LogP contribution in [0.1, 0.15) is 5.56 Å². The molecular formula is C7H4ClO3S. The van der Waals surface area contributed by atoms with Crippen molar-refractivity contribution in [1.82, 2.24) is 0 Å². The number of hydrogen-bond acceptors (Lipinski definition) is 3. The molecule has 1 aromatic carbocycles. The molecule has 0 aliphatic carbocycles. The van der Waals surface area contributed by atoms with E-state index in [4.69, 9.17) is 10.7 Å². The van der Waals surface area contributed by atoms with Crippen LogP contribution in [-0.4, -0.2) is 14.7 Å². The highest BCUT2D eigenvalue weighted by Gasteiger charge is 2.09. The van der Waals surface area contributed by atoms with Crippen LogP contribution >= 0.6 is 10.7 Å². The van der Waals surface area contributed by atoms with Crippen molar-refractivity contribution in [2.75, 3.05) is 0 Å². The predicted octanol–water partition coefficient (Wildman–Crippen LogP) is 1.07. The van der Waals surface area contributed by atoms with Gasteiger partial charge in [0.15, 0.2) is 0 Å². The van der Waals surface area contributed by atoms with Gasteiger partial charge in [-0.2, -0.15) is 0 Å². The lowest BCUT2D eigenvalue weighted by molar-refractivity contribution is 0.562. The van der Waals surface area contributed by atoms with Crippen LogP contribution in [0.15, 0.2) is 29.2 Å². The van der Waals surface area contributed by atoms with Crippen LogP contribution in [0.5, 0.6) is 0 Å². The summed E-state index contributed by atoms with van der Waals surface area (Å²) in [5.41, 5.74) is 0.164. The van der Waals surface area contributed by atoms with Gasteiger partial charge in [0, 0.05) is 16.2 Å². The Hall–Kier alpha value is -0.870. The van der Waals surface area contributed by atoms with Crippen molar-refractivity contribution < 1.29 is 13.2 Å². The zero-order valence-electron chi connectivity index (χ0n) is 5.82. The molecule has 0 aliphatic heterocycles. The van der Waals surface area contributed by atoms with E-state index in [0.717, 1.165) is 6.07 Å². The summed E-state index contributed by atoms with van der Waals surface area (Å²) in [4.78, 5) is 10.0. The molecule has 0 atom stereocenters. The highest BCUT2D eigenvalue weighted by atomic mass is 35.7. The normalized spacial score (nSPS) is 11.1. The van der Waals surface area contributed by atoms with Gasteiger partial charge < -0.3 is 0 Å². The summed E-state index contributed by atoms with van der Waals surface area (Å²) in [5, 5.41) is 0. The smallest absolute Gasteiger partial charge is 0.261 e. The average Bonchev–Trinajstić information content (AvgIpc) is 2.03. The summed E-state index contributed by atoms with van der Waals surface area (Å²) in [6, 6.07) is 5.34. The van der Waals surface area contributed by atoms with Gasteiger partial charge in [-0.1, -0.05) is 12.1 Å². The van der Waals surface area contributed by atoms with Gasteiger partial charge in [-0.15, -0.1) is 0 Å². The van der Waals surface area contributed by atoms with E-state index < -0.39 is 9.05 Å². The van der Waals surface area contributed by atoms with Crippen LogP contribution in [0.3, 0.4) is 0 Å². The molecule has 63 valence electrons. The van der Waals surface area contributed by atoms with Crippen molar-refractivity contribution in [2.24, 2.45) is 0 Å². The number of hydrogen-bond donors (Lipinski definition) is 0. The third kappa shape index (κ3) is 2.06. The van der Waals surface area contributed by atoms with Crippen molar-refractivity contribution in [2.45, 2.75) is 4.90 Å². The second kappa shape index (κ2) is 3.25. The van der Waals surface area contributed by atoms with Gasteiger partial charge in [-0.05, 0) is 12.1 Å². The largest absolute Gasteiger partial charge is 0.285 e. The van der Waals surface area contributed by atoms with E-state index in [1.54, 1.807) is 6.29 Å². The number of rotatable bonds is 2. The molecule has 1 radical (unpaired) electrons.